The minimum absolute atomic E-state index is 0.00114. The summed E-state index contributed by atoms with van der Waals surface area (Å²) in [6.45, 7) is 17.2. The maximum atomic E-state index is 13.0. The second kappa shape index (κ2) is 26.3. The van der Waals surface area contributed by atoms with Crippen molar-refractivity contribution in [1.82, 2.24) is 20.0 Å². The lowest BCUT2D eigenvalue weighted by Gasteiger charge is -2.29. The van der Waals surface area contributed by atoms with Gasteiger partial charge in [0, 0.05) is 44.7 Å². The largest absolute Gasteiger partial charge is 0.465 e. The van der Waals surface area contributed by atoms with Crippen LogP contribution in [0.2, 0.25) is 10.0 Å². The van der Waals surface area contributed by atoms with Gasteiger partial charge in [-0.15, -0.1) is 0 Å². The van der Waals surface area contributed by atoms with Crippen molar-refractivity contribution in [2.75, 3.05) is 64.3 Å². The topological polar surface area (TPSA) is 213 Å². The molecule has 1 aliphatic heterocycles. The molecule has 0 atom stereocenters. The Hall–Kier alpha value is -4.53. The van der Waals surface area contributed by atoms with Gasteiger partial charge >= 0.3 is 5.97 Å². The molecule has 2 aromatic carbocycles. The number of nitrogens with zero attached hydrogens (tertiary/aromatic N) is 9. The Bertz CT molecular complexity index is 2320. The predicted octanol–water partition coefficient (Wildman–Crippen LogP) is 6.71. The van der Waals surface area contributed by atoms with Crippen LogP contribution >= 0.6 is 47.2 Å². The Morgan fingerprint density at radius 2 is 1.56 bits per heavy atom. The van der Waals surface area contributed by atoms with Gasteiger partial charge in [0.25, 0.3) is 26.0 Å². The molecule has 0 aromatic heterocycles. The number of halogens is 2. The molecule has 63 heavy (non-hydrogen) atoms. The van der Waals surface area contributed by atoms with Crippen LogP contribution in [0.1, 0.15) is 65.9 Å². The summed E-state index contributed by atoms with van der Waals surface area (Å²) in [6.07, 6.45) is 4.58. The van der Waals surface area contributed by atoms with Gasteiger partial charge in [-0.3, -0.25) is 14.5 Å². The molecule has 1 saturated heterocycles. The second-order valence-electron chi connectivity index (χ2n) is 15.0. The van der Waals surface area contributed by atoms with Gasteiger partial charge in [-0.25, -0.2) is 21.7 Å². The van der Waals surface area contributed by atoms with E-state index in [0.29, 0.717) is 72.5 Å². The molecule has 1 amide bonds. The molecule has 0 aliphatic carbocycles. The van der Waals surface area contributed by atoms with Crippen molar-refractivity contribution < 1.29 is 31.2 Å². The van der Waals surface area contributed by atoms with Crippen molar-refractivity contribution in [3.05, 3.63) is 63.4 Å². The van der Waals surface area contributed by atoms with Crippen molar-refractivity contribution in [3.8, 4) is 11.5 Å². The molecule has 23 heteroatoms. The fourth-order valence-corrected chi connectivity index (χ4v) is 8.50. The minimum Gasteiger partial charge on any atom is -0.465 e. The zero-order chi connectivity index (χ0) is 48.2. The van der Waals surface area contributed by atoms with Crippen LogP contribution in [0.3, 0.4) is 0 Å². The normalized spacial score (nSPS) is 13.7. The van der Waals surface area contributed by atoms with Crippen molar-refractivity contribution in [1.29, 1.82) is 10.5 Å². The van der Waals surface area contributed by atoms with Gasteiger partial charge in [-0.1, -0.05) is 29.3 Å². The monoisotopic (exact) mass is 984 g/mol. The number of amides is 1. The maximum Gasteiger partial charge on any atom is 0.325 e. The van der Waals surface area contributed by atoms with Crippen LogP contribution in [-0.4, -0.2) is 132 Å². The van der Waals surface area contributed by atoms with E-state index in [0.717, 1.165) is 16.7 Å². The summed E-state index contributed by atoms with van der Waals surface area (Å²) in [4.78, 5) is 35.1. The van der Waals surface area contributed by atoms with E-state index >= 15 is 0 Å². The summed E-state index contributed by atoms with van der Waals surface area (Å²) in [5, 5.41) is 22.8. The molecular weight excluding hydrogens is 932 g/mol. The van der Waals surface area contributed by atoms with Crippen LogP contribution < -0.4 is 10.2 Å². The van der Waals surface area contributed by atoms with E-state index in [9.17, 15) is 26.4 Å². The number of carbonyl (C=O) groups is 2. The highest BCUT2D eigenvalue weighted by molar-refractivity contribution is 8.03. The minimum atomic E-state index is -3.53. The predicted molar refractivity (Wildman–Crippen MR) is 255 cm³/mol. The second-order valence-corrected chi connectivity index (χ2v) is 20.6. The van der Waals surface area contributed by atoms with Crippen molar-refractivity contribution in [2.24, 2.45) is 8.80 Å². The number of esters is 1. The lowest BCUT2D eigenvalue weighted by Crippen LogP contribution is -2.48. The smallest absolute Gasteiger partial charge is 0.325 e. The number of carbonyl (C=O) groups excluding carboxylic acids is 2. The third-order valence-corrected chi connectivity index (χ3v) is 12.5. The first-order chi connectivity index (χ1) is 29.3. The van der Waals surface area contributed by atoms with E-state index in [1.807, 2.05) is 11.5 Å². The number of rotatable bonds is 19. The Labute approximate surface area is 392 Å². The van der Waals surface area contributed by atoms with Crippen LogP contribution in [0.25, 0.3) is 4.85 Å². The van der Waals surface area contributed by atoms with Crippen molar-refractivity contribution in [3.63, 3.8) is 0 Å². The third kappa shape index (κ3) is 19.4. The summed E-state index contributed by atoms with van der Waals surface area (Å²) in [7, 11) is -0.132. The summed E-state index contributed by atoms with van der Waals surface area (Å²) in [6, 6.07) is 11.6. The lowest BCUT2D eigenvalue weighted by molar-refractivity contribution is -0.149. The number of hydrogen-bond donors (Lipinski definition) is 1. The molecular formula is C40H54Cl2N10O7S4. The van der Waals surface area contributed by atoms with Crippen LogP contribution in [-0.2, 0) is 34.4 Å². The molecule has 1 aliphatic rings. The fourth-order valence-electron chi connectivity index (χ4n) is 5.05. The summed E-state index contributed by atoms with van der Waals surface area (Å²) >= 11 is 18.4. The number of benzene rings is 2. The first kappa shape index (κ1) is 56.5. The van der Waals surface area contributed by atoms with Gasteiger partial charge in [0.05, 0.1) is 41.0 Å². The number of nitrogens with one attached hydrogen (secondary N) is 1. The highest BCUT2D eigenvalue weighted by atomic mass is 35.5. The summed E-state index contributed by atoms with van der Waals surface area (Å²) in [5.41, 5.74) is -0.424. The number of thiocarbonyl (C=S) groups is 1. The van der Waals surface area contributed by atoms with Gasteiger partial charge < -0.3 is 24.8 Å². The first-order valence-corrected chi connectivity index (χ1v) is 24.4. The molecule has 17 nitrogen and oxygen atoms in total. The molecule has 1 fully saturated rings. The van der Waals surface area contributed by atoms with Crippen molar-refractivity contribution >= 4 is 108 Å². The summed E-state index contributed by atoms with van der Waals surface area (Å²) < 4.78 is 59.1. The Kier molecular flexibility index (Phi) is 23.6. The number of ether oxygens (including phenoxy) is 1. The van der Waals surface area contributed by atoms with Crippen LogP contribution in [0.5, 0.6) is 0 Å². The number of nitriles is 2. The van der Waals surface area contributed by atoms with E-state index < -0.39 is 31.1 Å². The highest BCUT2D eigenvalue weighted by Crippen LogP contribution is 2.36. The summed E-state index contributed by atoms with van der Waals surface area (Å²) in [5.74, 6) is -0.599. The molecule has 344 valence electrons. The van der Waals surface area contributed by atoms with Crippen LogP contribution in [0.4, 0.5) is 11.4 Å². The number of thiocyanates is 1. The molecule has 1 N–H and O–H groups in total. The Morgan fingerprint density at radius 1 is 0.984 bits per heavy atom. The van der Waals surface area contributed by atoms with Gasteiger partial charge in [-0.05, 0) is 121 Å². The standard InChI is InChI=1S/C19H24ClN5O3S2.C13H27N3O4S.C8H3ClN2S/c1-19(2)17(26)25(14-8-9-16(21-3)15(20)12-14)18(29)24(19)10-6-7-11-30(27,28)22-13-23(4)5;1-6-20-12(17)13(2,3)14-9-7-8-10-21(18,19)15-11-16(4)5;9-8-3-7(12-5-11)2-1-6(8)4-10/h8-9,12-13H,6-7,10-11H2,1-2,4-5H3;11,14H,6-10H2,1-5H3;1-3H. The van der Waals surface area contributed by atoms with E-state index in [1.54, 1.807) is 114 Å². The SMILES string of the molecule is CCOC(=O)C(C)(C)NCCCCS(=O)(=O)N=CN(C)C.N#CSc1ccc(C#N)c(Cl)c1.[C-]#[N+]c1ccc(N2C(=O)C(C)(C)N(CCCCS(=O)(=O)N=CN(C)C)C2=S)cc1Cl. The van der Waals surface area contributed by atoms with E-state index in [1.165, 1.54) is 17.6 Å². The van der Waals surface area contributed by atoms with Crippen molar-refractivity contribution in [2.45, 2.75) is 76.3 Å². The van der Waals surface area contributed by atoms with E-state index in [4.69, 9.17) is 57.3 Å². The third-order valence-electron chi connectivity index (χ3n) is 8.45. The molecule has 3 rings (SSSR count). The number of sulfonamides is 2. The Balaban J connectivity index is 0.000000520. The molecule has 0 unspecified atom stereocenters. The van der Waals surface area contributed by atoms with Gasteiger partial charge in [0.15, 0.2) is 5.11 Å². The molecule has 0 bridgehead atoms. The van der Waals surface area contributed by atoms with Crippen LogP contribution in [0, 0.1) is 28.6 Å². The average Bonchev–Trinajstić information content (AvgIpc) is 3.36. The lowest BCUT2D eigenvalue weighted by atomic mass is 10.0. The van der Waals surface area contributed by atoms with Gasteiger partial charge in [-0.2, -0.15) is 19.3 Å². The van der Waals surface area contributed by atoms with Gasteiger partial charge in [0.2, 0.25) is 5.69 Å². The number of anilines is 1. The Morgan fingerprint density at radius 3 is 2.03 bits per heavy atom. The van der Waals surface area contributed by atoms with Crippen LogP contribution in [0.15, 0.2) is 50.1 Å². The van der Waals surface area contributed by atoms with E-state index in [2.05, 4.69) is 19.0 Å². The molecule has 0 spiro atoms. The van der Waals surface area contributed by atoms with E-state index in [-0.39, 0.29) is 28.4 Å². The first-order valence-electron chi connectivity index (χ1n) is 19.2. The quantitative estimate of drug-likeness (QED) is 0.0227. The zero-order valence-electron chi connectivity index (χ0n) is 36.8. The fraction of sp³-hybridized carbons (Fsp3) is 0.500. The zero-order valence-corrected chi connectivity index (χ0v) is 41.5. The number of hydrogen-bond acceptors (Lipinski definition) is 12. The molecule has 1 heterocycles. The molecule has 2 aromatic rings. The number of unbranched alkanes of at least 4 members (excludes halogenated alkanes) is 2. The molecule has 0 saturated carbocycles. The average molecular weight is 986 g/mol. The molecule has 0 radical (unpaired) electrons. The van der Waals surface area contributed by atoms with Gasteiger partial charge in [0.1, 0.15) is 35.2 Å². The maximum absolute atomic E-state index is 13.0. The highest BCUT2D eigenvalue weighted by Gasteiger charge is 2.49. The number of thioether (sulfide) groups is 1.